The van der Waals surface area contributed by atoms with Crippen LogP contribution in [0.15, 0.2) is 47.2 Å². The number of carbonyl (C=O) groups is 2. The van der Waals surface area contributed by atoms with Gasteiger partial charge in [0.2, 0.25) is 5.91 Å². The first-order valence-corrected chi connectivity index (χ1v) is 5.63. The quantitative estimate of drug-likeness (QED) is 0.841. The average Bonchev–Trinajstić information content (AvgIpc) is 2.89. The van der Waals surface area contributed by atoms with E-state index in [0.717, 1.165) is 0 Å². The van der Waals surface area contributed by atoms with E-state index in [2.05, 4.69) is 15.0 Å². The van der Waals surface area contributed by atoms with Crippen molar-refractivity contribution in [3.05, 3.63) is 53.9 Å². The van der Waals surface area contributed by atoms with Crippen molar-refractivity contribution in [1.82, 2.24) is 10.5 Å². The lowest BCUT2D eigenvalue weighted by molar-refractivity contribution is -0.142. The molecule has 2 aromatic rings. The summed E-state index contributed by atoms with van der Waals surface area (Å²) in [7, 11) is 0. The summed E-state index contributed by atoms with van der Waals surface area (Å²) < 4.78 is 4.61. The van der Waals surface area contributed by atoms with E-state index in [1.54, 1.807) is 36.4 Å². The molecular formula is C13H12N2O4. The van der Waals surface area contributed by atoms with Crippen LogP contribution in [0.1, 0.15) is 17.3 Å². The van der Waals surface area contributed by atoms with E-state index in [-0.39, 0.29) is 6.42 Å². The van der Waals surface area contributed by atoms with Crippen molar-refractivity contribution in [2.75, 3.05) is 0 Å². The zero-order valence-corrected chi connectivity index (χ0v) is 9.95. The molecule has 1 heterocycles. The molecule has 2 rings (SSSR count). The largest absolute Gasteiger partial charge is 0.479 e. The smallest absolute Gasteiger partial charge is 0.330 e. The van der Waals surface area contributed by atoms with E-state index in [9.17, 15) is 9.59 Å². The minimum absolute atomic E-state index is 0.0207. The van der Waals surface area contributed by atoms with E-state index in [4.69, 9.17) is 5.11 Å². The first-order chi connectivity index (χ1) is 9.16. The third-order valence-electron chi connectivity index (χ3n) is 2.52. The van der Waals surface area contributed by atoms with Gasteiger partial charge < -0.3 is 14.9 Å². The molecule has 0 radical (unpaired) electrons. The van der Waals surface area contributed by atoms with Gasteiger partial charge in [0.25, 0.3) is 0 Å². The van der Waals surface area contributed by atoms with Gasteiger partial charge in [0, 0.05) is 6.07 Å². The fourth-order valence-corrected chi connectivity index (χ4v) is 1.64. The fourth-order valence-electron chi connectivity index (χ4n) is 1.64. The van der Waals surface area contributed by atoms with Crippen molar-refractivity contribution in [2.24, 2.45) is 0 Å². The van der Waals surface area contributed by atoms with Gasteiger partial charge in [-0.05, 0) is 5.56 Å². The van der Waals surface area contributed by atoms with E-state index in [1.165, 1.54) is 6.26 Å². The summed E-state index contributed by atoms with van der Waals surface area (Å²) in [5.74, 6) is -1.54. The lowest BCUT2D eigenvalue weighted by Gasteiger charge is -2.14. The molecule has 6 nitrogen and oxygen atoms in total. The van der Waals surface area contributed by atoms with Crippen LogP contribution in [0.2, 0.25) is 0 Å². The molecule has 0 fully saturated rings. The lowest BCUT2D eigenvalue weighted by atomic mass is 10.1. The average molecular weight is 260 g/mol. The number of nitrogens with one attached hydrogen (secondary N) is 1. The maximum absolute atomic E-state index is 11.7. The Morgan fingerprint density at radius 1 is 1.26 bits per heavy atom. The second-order valence-corrected chi connectivity index (χ2v) is 3.92. The molecule has 1 aromatic carbocycles. The summed E-state index contributed by atoms with van der Waals surface area (Å²) in [5, 5.41) is 15.2. The second-order valence-electron chi connectivity index (χ2n) is 3.92. The van der Waals surface area contributed by atoms with Gasteiger partial charge in [0.05, 0.1) is 12.1 Å². The number of benzene rings is 1. The topological polar surface area (TPSA) is 92.4 Å². The standard InChI is InChI=1S/C13H12N2O4/c16-11(8-10-6-7-19-15-10)14-12(13(17)18)9-4-2-1-3-5-9/h1-7,12H,8H2,(H,14,16)(H,17,18). The van der Waals surface area contributed by atoms with Gasteiger partial charge in [-0.3, -0.25) is 4.79 Å². The maximum Gasteiger partial charge on any atom is 0.330 e. The molecule has 98 valence electrons. The molecule has 0 bridgehead atoms. The molecule has 1 unspecified atom stereocenters. The van der Waals surface area contributed by atoms with Crippen LogP contribution in [0.5, 0.6) is 0 Å². The SMILES string of the molecule is O=C(Cc1ccon1)NC(C(=O)O)c1ccccc1. The number of hydrogen-bond donors (Lipinski definition) is 2. The van der Waals surface area contributed by atoms with Crippen LogP contribution in [-0.4, -0.2) is 22.1 Å². The minimum Gasteiger partial charge on any atom is -0.479 e. The molecule has 1 amide bonds. The number of aliphatic carboxylic acids is 1. The molecule has 1 atom stereocenters. The molecule has 0 aliphatic heterocycles. The molecule has 1 aromatic heterocycles. The molecule has 0 saturated carbocycles. The van der Waals surface area contributed by atoms with Crippen molar-refractivity contribution in [3.8, 4) is 0 Å². The Bertz CT molecular complexity index is 551. The van der Waals surface area contributed by atoms with E-state index < -0.39 is 17.9 Å². The van der Waals surface area contributed by atoms with Gasteiger partial charge in [0.1, 0.15) is 6.26 Å². The van der Waals surface area contributed by atoms with Crippen molar-refractivity contribution >= 4 is 11.9 Å². The van der Waals surface area contributed by atoms with Crippen LogP contribution >= 0.6 is 0 Å². The molecule has 0 aliphatic carbocycles. The first-order valence-electron chi connectivity index (χ1n) is 5.63. The highest BCUT2D eigenvalue weighted by molar-refractivity contribution is 5.85. The summed E-state index contributed by atoms with van der Waals surface area (Å²) in [6.07, 6.45) is 1.33. The predicted octanol–water partition coefficient (Wildman–Crippen LogP) is 1.16. The summed E-state index contributed by atoms with van der Waals surface area (Å²) in [4.78, 5) is 22.9. The van der Waals surface area contributed by atoms with Gasteiger partial charge in [0.15, 0.2) is 6.04 Å². The van der Waals surface area contributed by atoms with Crippen molar-refractivity contribution in [2.45, 2.75) is 12.5 Å². The molecule has 0 aliphatic rings. The summed E-state index contributed by atoms with van der Waals surface area (Å²) in [6, 6.07) is 8.99. The van der Waals surface area contributed by atoms with Crippen LogP contribution in [0, 0.1) is 0 Å². The fraction of sp³-hybridized carbons (Fsp3) is 0.154. The Morgan fingerprint density at radius 2 is 2.00 bits per heavy atom. The molecule has 6 heteroatoms. The normalized spacial score (nSPS) is 11.8. The molecule has 0 spiro atoms. The zero-order valence-electron chi connectivity index (χ0n) is 9.95. The number of rotatable bonds is 5. The van der Waals surface area contributed by atoms with Gasteiger partial charge >= 0.3 is 5.97 Å². The highest BCUT2D eigenvalue weighted by Crippen LogP contribution is 2.12. The van der Waals surface area contributed by atoms with Gasteiger partial charge in [-0.25, -0.2) is 4.79 Å². The van der Waals surface area contributed by atoms with Crippen molar-refractivity contribution in [1.29, 1.82) is 0 Å². The predicted molar refractivity (Wildman–Crippen MR) is 65.2 cm³/mol. The third-order valence-corrected chi connectivity index (χ3v) is 2.52. The number of nitrogens with zero attached hydrogens (tertiary/aromatic N) is 1. The van der Waals surface area contributed by atoms with Crippen LogP contribution < -0.4 is 5.32 Å². The van der Waals surface area contributed by atoms with Crippen molar-refractivity contribution < 1.29 is 19.2 Å². The van der Waals surface area contributed by atoms with Crippen LogP contribution in [0.4, 0.5) is 0 Å². The van der Waals surface area contributed by atoms with Crippen LogP contribution in [0.3, 0.4) is 0 Å². The molecule has 0 saturated heterocycles. The third kappa shape index (κ3) is 3.41. The summed E-state index contributed by atoms with van der Waals surface area (Å²) in [6.45, 7) is 0. The van der Waals surface area contributed by atoms with Crippen LogP contribution in [0.25, 0.3) is 0 Å². The lowest BCUT2D eigenvalue weighted by Crippen LogP contribution is -2.34. The monoisotopic (exact) mass is 260 g/mol. The minimum atomic E-state index is -1.11. The number of aromatic nitrogens is 1. The molecular weight excluding hydrogens is 248 g/mol. The molecule has 19 heavy (non-hydrogen) atoms. The van der Waals surface area contributed by atoms with E-state index >= 15 is 0 Å². The number of hydrogen-bond acceptors (Lipinski definition) is 4. The number of carboxylic acids is 1. The Kier molecular flexibility index (Phi) is 3.92. The highest BCUT2D eigenvalue weighted by atomic mass is 16.5. The Balaban J connectivity index is 2.05. The van der Waals surface area contributed by atoms with Crippen molar-refractivity contribution in [3.63, 3.8) is 0 Å². The van der Waals surface area contributed by atoms with Gasteiger partial charge in [-0.15, -0.1) is 0 Å². The Morgan fingerprint density at radius 3 is 2.58 bits per heavy atom. The van der Waals surface area contributed by atoms with Gasteiger partial charge in [-0.2, -0.15) is 0 Å². The molecule has 2 N–H and O–H groups in total. The Labute approximate surface area is 109 Å². The highest BCUT2D eigenvalue weighted by Gasteiger charge is 2.22. The summed E-state index contributed by atoms with van der Waals surface area (Å²) in [5.41, 5.74) is 0.971. The van der Waals surface area contributed by atoms with E-state index in [0.29, 0.717) is 11.3 Å². The van der Waals surface area contributed by atoms with Gasteiger partial charge in [-0.1, -0.05) is 35.5 Å². The van der Waals surface area contributed by atoms with E-state index in [1.807, 2.05) is 0 Å². The Hall–Kier alpha value is -2.63. The maximum atomic E-state index is 11.7. The summed E-state index contributed by atoms with van der Waals surface area (Å²) >= 11 is 0. The number of amides is 1. The first kappa shape index (κ1) is 12.8. The zero-order chi connectivity index (χ0) is 13.7. The number of carbonyl (C=O) groups excluding carboxylic acids is 1. The number of carboxylic acid groups (broad SMARTS) is 1. The van der Waals surface area contributed by atoms with Crippen LogP contribution in [-0.2, 0) is 16.0 Å². The second kappa shape index (κ2) is 5.81.